The summed E-state index contributed by atoms with van der Waals surface area (Å²) < 4.78 is 11.0. The Morgan fingerprint density at radius 1 is 1.47 bits per heavy atom. The Hall–Kier alpha value is -0.530. The smallest absolute Gasteiger partial charge is 0.294 e. The number of ether oxygens (including phenoxy) is 2. The van der Waals surface area contributed by atoms with Crippen molar-refractivity contribution in [1.29, 1.82) is 0 Å². The number of hydrogen-bond donors (Lipinski definition) is 0. The van der Waals surface area contributed by atoms with E-state index in [-0.39, 0.29) is 24.1 Å². The molecule has 0 amide bonds. The molecule has 2 heterocycles. The Labute approximate surface area is 91.4 Å². The Balaban J connectivity index is 1.93. The van der Waals surface area contributed by atoms with Crippen LogP contribution in [0.1, 0.15) is 6.92 Å². The second-order valence-electron chi connectivity index (χ2n) is 3.46. The second kappa shape index (κ2) is 4.54. The van der Waals surface area contributed by atoms with E-state index in [9.17, 15) is 10.1 Å². The van der Waals surface area contributed by atoms with Gasteiger partial charge in [-0.05, 0) is 5.75 Å². The molecule has 2 aliphatic rings. The minimum atomic E-state index is -0.778. The van der Waals surface area contributed by atoms with E-state index in [1.807, 2.05) is 0 Å². The zero-order valence-electron chi connectivity index (χ0n) is 8.33. The highest BCUT2D eigenvalue weighted by molar-refractivity contribution is 7.99. The average Bonchev–Trinajstić information content (AvgIpc) is 2.71. The van der Waals surface area contributed by atoms with Gasteiger partial charge in [0.15, 0.2) is 6.10 Å². The quantitative estimate of drug-likeness (QED) is 0.521. The van der Waals surface area contributed by atoms with Crippen LogP contribution in [0.2, 0.25) is 0 Å². The summed E-state index contributed by atoms with van der Waals surface area (Å²) in [7, 11) is 0. The largest absolute Gasteiger partial charge is 0.372 e. The molecule has 0 aromatic carbocycles. The summed E-state index contributed by atoms with van der Waals surface area (Å²) in [5.74, 6) is 0.987. The van der Waals surface area contributed by atoms with Gasteiger partial charge >= 0.3 is 0 Å². The van der Waals surface area contributed by atoms with Crippen molar-refractivity contribution in [2.45, 2.75) is 30.5 Å². The van der Waals surface area contributed by atoms with Crippen LogP contribution >= 0.6 is 11.8 Å². The molecular weight excluding hydrogens is 222 g/mol. The summed E-state index contributed by atoms with van der Waals surface area (Å²) in [4.78, 5) is 14.7. The van der Waals surface area contributed by atoms with Gasteiger partial charge in [0.2, 0.25) is 0 Å². The molecule has 2 saturated heterocycles. The van der Waals surface area contributed by atoms with E-state index < -0.39 is 11.2 Å². The fraction of sp³-hybridized carbons (Fsp3) is 1.00. The van der Waals surface area contributed by atoms with Crippen LogP contribution in [-0.2, 0) is 14.3 Å². The molecule has 4 atom stereocenters. The molecule has 0 aromatic heterocycles. The molecule has 0 saturated carbocycles. The average molecular weight is 235 g/mol. The molecule has 2 fully saturated rings. The monoisotopic (exact) mass is 235 g/mol. The minimum absolute atomic E-state index is 0.0556. The maximum Gasteiger partial charge on any atom is 0.294 e. The van der Waals surface area contributed by atoms with Gasteiger partial charge in [-0.3, -0.25) is 0 Å². The van der Waals surface area contributed by atoms with E-state index in [0.29, 0.717) is 6.61 Å². The summed E-state index contributed by atoms with van der Waals surface area (Å²) in [6, 6.07) is 0. The van der Waals surface area contributed by atoms with E-state index >= 15 is 0 Å². The highest BCUT2D eigenvalue weighted by Gasteiger charge is 2.49. The van der Waals surface area contributed by atoms with Crippen molar-refractivity contribution in [3.63, 3.8) is 0 Å². The van der Waals surface area contributed by atoms with Gasteiger partial charge in [-0.25, -0.2) is 0 Å². The van der Waals surface area contributed by atoms with Gasteiger partial charge in [-0.2, -0.15) is 11.8 Å². The lowest BCUT2D eigenvalue weighted by atomic mass is 10.1. The van der Waals surface area contributed by atoms with Crippen LogP contribution in [0, 0.1) is 10.1 Å². The molecule has 2 aliphatic heterocycles. The summed E-state index contributed by atoms with van der Waals surface area (Å²) in [6.07, 6.45) is -0.896. The van der Waals surface area contributed by atoms with Crippen molar-refractivity contribution in [1.82, 2.24) is 0 Å². The first-order valence-electron chi connectivity index (χ1n) is 4.88. The zero-order valence-corrected chi connectivity index (χ0v) is 9.14. The minimum Gasteiger partial charge on any atom is -0.372 e. The highest BCUT2D eigenvalue weighted by Crippen LogP contribution is 2.34. The third-order valence-electron chi connectivity index (χ3n) is 2.56. The number of fused-ring (bicyclic) bond motifs is 1. The maximum atomic E-state index is 10.2. The summed E-state index contributed by atoms with van der Waals surface area (Å²) in [6.45, 7) is 2.90. The summed E-state index contributed by atoms with van der Waals surface area (Å²) in [5.41, 5.74) is 0. The molecule has 0 spiro atoms. The van der Waals surface area contributed by atoms with Gasteiger partial charge < -0.3 is 14.3 Å². The normalized spacial score (nSPS) is 39.0. The molecule has 0 aromatic rings. The lowest BCUT2D eigenvalue weighted by Crippen LogP contribution is -2.33. The molecule has 0 aliphatic carbocycles. The summed E-state index contributed by atoms with van der Waals surface area (Å²) >= 11 is 1.76. The van der Waals surface area contributed by atoms with Gasteiger partial charge in [-0.15, -0.1) is 10.1 Å². The topological polar surface area (TPSA) is 70.8 Å². The number of thioether (sulfide) groups is 1. The van der Waals surface area contributed by atoms with E-state index in [4.69, 9.17) is 9.47 Å². The number of hydrogen-bond acceptors (Lipinski definition) is 6. The Kier molecular flexibility index (Phi) is 3.32. The van der Waals surface area contributed by atoms with Crippen LogP contribution in [0.3, 0.4) is 0 Å². The van der Waals surface area contributed by atoms with Crippen LogP contribution < -0.4 is 0 Å². The number of rotatable bonds is 4. The van der Waals surface area contributed by atoms with Crippen LogP contribution in [0.15, 0.2) is 0 Å². The van der Waals surface area contributed by atoms with Crippen molar-refractivity contribution in [3.8, 4) is 0 Å². The standard InChI is InChI=1S/C8H13NO5S/c1-2-15-6-4-13-7-5(14-9(10)11)3-12-8(6)7/h5-8H,2-4H2,1H3. The zero-order chi connectivity index (χ0) is 10.8. The second-order valence-corrected chi connectivity index (χ2v) is 4.97. The molecule has 4 unspecified atom stereocenters. The highest BCUT2D eigenvalue weighted by atomic mass is 32.2. The van der Waals surface area contributed by atoms with Gasteiger partial charge in [0.1, 0.15) is 12.2 Å². The van der Waals surface area contributed by atoms with Crippen molar-refractivity contribution in [2.24, 2.45) is 0 Å². The first-order valence-corrected chi connectivity index (χ1v) is 5.93. The van der Waals surface area contributed by atoms with Gasteiger partial charge in [0, 0.05) is 0 Å². The van der Waals surface area contributed by atoms with Crippen LogP contribution in [-0.4, -0.2) is 47.6 Å². The molecule has 7 heteroatoms. The third kappa shape index (κ3) is 2.19. The van der Waals surface area contributed by atoms with Crippen LogP contribution in [0.5, 0.6) is 0 Å². The molecule has 6 nitrogen and oxygen atoms in total. The molecular formula is C8H13NO5S. The fourth-order valence-electron chi connectivity index (χ4n) is 1.99. The SMILES string of the molecule is CCSC1COC2C(O[N+](=O)[O-])COC12. The van der Waals surface area contributed by atoms with Gasteiger partial charge in [0.25, 0.3) is 5.09 Å². The Morgan fingerprint density at radius 2 is 2.20 bits per heavy atom. The number of nitrogens with zero attached hydrogens (tertiary/aromatic N) is 1. The van der Waals surface area contributed by atoms with Crippen molar-refractivity contribution < 1.29 is 19.4 Å². The molecule has 0 N–H and O–H groups in total. The van der Waals surface area contributed by atoms with Crippen LogP contribution in [0.4, 0.5) is 0 Å². The molecule has 15 heavy (non-hydrogen) atoms. The first kappa shape index (κ1) is 11.0. The lowest BCUT2D eigenvalue weighted by molar-refractivity contribution is -0.769. The van der Waals surface area contributed by atoms with Crippen molar-refractivity contribution in [2.75, 3.05) is 19.0 Å². The fourth-order valence-corrected chi connectivity index (χ4v) is 3.01. The van der Waals surface area contributed by atoms with Crippen molar-refractivity contribution >= 4 is 11.8 Å². The predicted molar refractivity (Wildman–Crippen MR) is 53.3 cm³/mol. The molecule has 86 valence electrons. The van der Waals surface area contributed by atoms with E-state index in [1.165, 1.54) is 0 Å². The maximum absolute atomic E-state index is 10.2. The molecule has 2 rings (SSSR count). The van der Waals surface area contributed by atoms with E-state index in [0.717, 1.165) is 5.75 Å². The molecule has 0 bridgehead atoms. The Morgan fingerprint density at radius 3 is 2.87 bits per heavy atom. The van der Waals surface area contributed by atoms with E-state index in [2.05, 4.69) is 11.8 Å². The van der Waals surface area contributed by atoms with Crippen LogP contribution in [0.25, 0.3) is 0 Å². The third-order valence-corrected chi connectivity index (χ3v) is 3.73. The predicted octanol–water partition coefficient (Wildman–Crippen LogP) is 0.483. The Bertz CT molecular complexity index is 251. The first-order chi connectivity index (χ1) is 7.22. The van der Waals surface area contributed by atoms with Crippen molar-refractivity contribution in [3.05, 3.63) is 10.1 Å². The van der Waals surface area contributed by atoms with Gasteiger partial charge in [-0.1, -0.05) is 6.92 Å². The summed E-state index contributed by atoms with van der Waals surface area (Å²) in [5, 5.41) is 9.72. The van der Waals surface area contributed by atoms with E-state index in [1.54, 1.807) is 11.8 Å². The molecule has 0 radical (unpaired) electrons. The van der Waals surface area contributed by atoms with Gasteiger partial charge in [0.05, 0.1) is 18.5 Å². The lowest BCUT2D eigenvalue weighted by Gasteiger charge is -2.14.